The van der Waals surface area contributed by atoms with Crippen LogP contribution in [0.15, 0.2) is 18.2 Å². The molecule has 23 heavy (non-hydrogen) atoms. The Kier molecular flexibility index (Phi) is 8.02. The number of rotatable bonds is 10. The molecule has 0 aliphatic carbocycles. The molecule has 1 aromatic rings. The third-order valence-electron chi connectivity index (χ3n) is 3.29. The number of carboxylic acid groups (broad SMARTS) is 1. The number of hydrogen-bond donors (Lipinski definition) is 1. The second-order valence-corrected chi connectivity index (χ2v) is 5.28. The van der Waals surface area contributed by atoms with Crippen LogP contribution in [0.25, 0.3) is 0 Å². The molecule has 1 N–H and O–H groups in total. The lowest BCUT2D eigenvalue weighted by Crippen LogP contribution is -2.08. The summed E-state index contributed by atoms with van der Waals surface area (Å²) in [6, 6.07) is 2.77. The summed E-state index contributed by atoms with van der Waals surface area (Å²) in [7, 11) is 0. The molecule has 0 spiro atoms. The van der Waals surface area contributed by atoms with E-state index in [-0.39, 0.29) is 13.0 Å². The Hall–Kier alpha value is -1.63. The van der Waals surface area contributed by atoms with Crippen molar-refractivity contribution in [1.29, 1.82) is 0 Å². The summed E-state index contributed by atoms with van der Waals surface area (Å²) in [4.78, 5) is 10.3. The van der Waals surface area contributed by atoms with Crippen LogP contribution in [0.1, 0.15) is 49.7 Å². The number of carboxylic acids is 1. The van der Waals surface area contributed by atoms with Gasteiger partial charge in [-0.05, 0) is 30.5 Å². The minimum atomic E-state index is -4.69. The van der Waals surface area contributed by atoms with E-state index in [4.69, 9.17) is 9.84 Å². The molecule has 0 heterocycles. The second-order valence-electron chi connectivity index (χ2n) is 5.28. The lowest BCUT2D eigenvalue weighted by molar-refractivity contribution is -0.140. The standard InChI is InChI=1S/C16H20F4O3/c17-14-10-12(7-8-13(14)16(18,19)20)11-23-9-5-3-1-2-4-6-15(21)22/h7-8,10H,1-6,9,11H2,(H,21,22). The third kappa shape index (κ3) is 7.97. The maximum Gasteiger partial charge on any atom is 0.419 e. The van der Waals surface area contributed by atoms with E-state index >= 15 is 0 Å². The summed E-state index contributed by atoms with van der Waals surface area (Å²) < 4.78 is 55.8. The lowest BCUT2D eigenvalue weighted by atomic mass is 10.1. The van der Waals surface area contributed by atoms with Crippen molar-refractivity contribution in [3.8, 4) is 0 Å². The zero-order valence-electron chi connectivity index (χ0n) is 12.7. The Morgan fingerprint density at radius 2 is 1.74 bits per heavy atom. The highest BCUT2D eigenvalue weighted by atomic mass is 19.4. The van der Waals surface area contributed by atoms with Gasteiger partial charge in [0.2, 0.25) is 0 Å². The zero-order chi connectivity index (χ0) is 17.3. The topological polar surface area (TPSA) is 46.5 Å². The van der Waals surface area contributed by atoms with Gasteiger partial charge in [-0.15, -0.1) is 0 Å². The van der Waals surface area contributed by atoms with Gasteiger partial charge in [0.25, 0.3) is 0 Å². The molecule has 0 saturated carbocycles. The third-order valence-corrected chi connectivity index (χ3v) is 3.29. The van der Waals surface area contributed by atoms with Crippen molar-refractivity contribution in [1.82, 2.24) is 0 Å². The molecule has 0 amide bonds. The Morgan fingerprint density at radius 3 is 2.35 bits per heavy atom. The number of benzene rings is 1. The molecular weight excluding hydrogens is 316 g/mol. The van der Waals surface area contributed by atoms with Crippen LogP contribution in [0.4, 0.5) is 17.6 Å². The van der Waals surface area contributed by atoms with Gasteiger partial charge in [-0.1, -0.05) is 25.3 Å². The van der Waals surface area contributed by atoms with Gasteiger partial charge in [-0.3, -0.25) is 4.79 Å². The highest BCUT2D eigenvalue weighted by Gasteiger charge is 2.33. The van der Waals surface area contributed by atoms with Crippen molar-refractivity contribution in [2.24, 2.45) is 0 Å². The van der Waals surface area contributed by atoms with Crippen molar-refractivity contribution in [2.45, 2.75) is 51.3 Å². The average molecular weight is 336 g/mol. The van der Waals surface area contributed by atoms with Gasteiger partial charge in [0.05, 0.1) is 12.2 Å². The predicted octanol–water partition coefficient (Wildman–Crippen LogP) is 4.79. The normalized spacial score (nSPS) is 11.7. The summed E-state index contributed by atoms with van der Waals surface area (Å²) in [6.07, 6.45) is -0.444. The minimum absolute atomic E-state index is 0.0636. The molecule has 0 aliphatic heterocycles. The number of carbonyl (C=O) groups is 1. The van der Waals surface area contributed by atoms with Gasteiger partial charge in [-0.2, -0.15) is 13.2 Å². The Morgan fingerprint density at radius 1 is 1.09 bits per heavy atom. The number of aliphatic carboxylic acids is 1. The number of hydrogen-bond acceptors (Lipinski definition) is 2. The van der Waals surface area contributed by atoms with Crippen LogP contribution in [-0.4, -0.2) is 17.7 Å². The van der Waals surface area contributed by atoms with Crippen LogP contribution in [0, 0.1) is 5.82 Å². The molecule has 0 fully saturated rings. The van der Waals surface area contributed by atoms with Crippen molar-refractivity contribution in [3.63, 3.8) is 0 Å². The molecule has 1 aromatic carbocycles. The second kappa shape index (κ2) is 9.50. The summed E-state index contributed by atoms with van der Waals surface area (Å²) in [5.41, 5.74) is -0.917. The molecule has 1 rings (SSSR count). The molecule has 0 radical (unpaired) electrons. The molecule has 0 aliphatic rings. The van der Waals surface area contributed by atoms with Gasteiger partial charge in [0.15, 0.2) is 0 Å². The summed E-state index contributed by atoms with van der Waals surface area (Å²) >= 11 is 0. The van der Waals surface area contributed by atoms with E-state index < -0.39 is 23.5 Å². The van der Waals surface area contributed by atoms with Crippen molar-refractivity contribution < 1.29 is 32.2 Å². The molecule has 0 atom stereocenters. The molecule has 130 valence electrons. The predicted molar refractivity (Wildman–Crippen MR) is 76.4 cm³/mol. The van der Waals surface area contributed by atoms with Crippen LogP contribution >= 0.6 is 0 Å². The van der Waals surface area contributed by atoms with Crippen LogP contribution in [-0.2, 0) is 22.3 Å². The maximum absolute atomic E-state index is 13.3. The number of unbranched alkanes of at least 4 members (excludes halogenated alkanes) is 4. The summed E-state index contributed by atoms with van der Waals surface area (Å²) in [5.74, 6) is -2.09. The first kappa shape index (κ1) is 19.4. The number of ether oxygens (including phenoxy) is 1. The Balaban J connectivity index is 2.17. The molecule has 0 saturated heterocycles. The van der Waals surface area contributed by atoms with Gasteiger partial charge >= 0.3 is 12.1 Å². The Labute approximate surface area is 132 Å². The zero-order valence-corrected chi connectivity index (χ0v) is 12.7. The average Bonchev–Trinajstić information content (AvgIpc) is 2.44. The highest BCUT2D eigenvalue weighted by molar-refractivity contribution is 5.66. The summed E-state index contributed by atoms with van der Waals surface area (Å²) in [5, 5.41) is 8.47. The van der Waals surface area contributed by atoms with Crippen molar-refractivity contribution in [3.05, 3.63) is 35.1 Å². The van der Waals surface area contributed by atoms with E-state index in [1.165, 1.54) is 6.07 Å². The SMILES string of the molecule is O=C(O)CCCCCCCOCc1ccc(C(F)(F)F)c(F)c1. The van der Waals surface area contributed by atoms with Gasteiger partial charge in [0, 0.05) is 13.0 Å². The molecule has 7 heteroatoms. The fourth-order valence-electron chi connectivity index (χ4n) is 2.08. The first-order valence-electron chi connectivity index (χ1n) is 7.46. The van der Waals surface area contributed by atoms with E-state index in [0.717, 1.165) is 37.8 Å². The van der Waals surface area contributed by atoms with E-state index in [1.54, 1.807) is 0 Å². The number of halogens is 4. The number of alkyl halides is 3. The van der Waals surface area contributed by atoms with E-state index in [2.05, 4.69) is 0 Å². The molecule has 0 bridgehead atoms. The van der Waals surface area contributed by atoms with Crippen LogP contribution < -0.4 is 0 Å². The first-order valence-corrected chi connectivity index (χ1v) is 7.46. The van der Waals surface area contributed by atoms with Crippen LogP contribution in [0.2, 0.25) is 0 Å². The fraction of sp³-hybridized carbons (Fsp3) is 0.562. The van der Waals surface area contributed by atoms with Crippen molar-refractivity contribution in [2.75, 3.05) is 6.61 Å². The molecule has 0 unspecified atom stereocenters. The van der Waals surface area contributed by atoms with Crippen LogP contribution in [0.3, 0.4) is 0 Å². The van der Waals surface area contributed by atoms with E-state index in [0.29, 0.717) is 18.6 Å². The summed E-state index contributed by atoms with van der Waals surface area (Å²) in [6.45, 7) is 0.496. The van der Waals surface area contributed by atoms with E-state index in [1.807, 2.05) is 0 Å². The van der Waals surface area contributed by atoms with E-state index in [9.17, 15) is 22.4 Å². The van der Waals surface area contributed by atoms with Gasteiger partial charge < -0.3 is 9.84 Å². The molecule has 3 nitrogen and oxygen atoms in total. The quantitative estimate of drug-likeness (QED) is 0.494. The maximum atomic E-state index is 13.3. The minimum Gasteiger partial charge on any atom is -0.481 e. The monoisotopic (exact) mass is 336 g/mol. The van der Waals surface area contributed by atoms with Gasteiger partial charge in [0.1, 0.15) is 5.82 Å². The smallest absolute Gasteiger partial charge is 0.419 e. The molecule has 0 aromatic heterocycles. The largest absolute Gasteiger partial charge is 0.481 e. The first-order chi connectivity index (χ1) is 10.8. The van der Waals surface area contributed by atoms with Crippen molar-refractivity contribution >= 4 is 5.97 Å². The van der Waals surface area contributed by atoms with Gasteiger partial charge in [-0.25, -0.2) is 4.39 Å². The Bertz CT molecular complexity index is 501. The lowest BCUT2D eigenvalue weighted by Gasteiger charge is -2.10. The van der Waals surface area contributed by atoms with Crippen LogP contribution in [0.5, 0.6) is 0 Å². The molecular formula is C16H20F4O3. The fourth-order valence-corrected chi connectivity index (χ4v) is 2.08. The highest BCUT2D eigenvalue weighted by Crippen LogP contribution is 2.31.